The average molecular weight is 389 g/mol. The van der Waals surface area contributed by atoms with Gasteiger partial charge in [-0.05, 0) is 63.5 Å². The van der Waals surface area contributed by atoms with Gasteiger partial charge >= 0.3 is 0 Å². The van der Waals surface area contributed by atoms with Gasteiger partial charge in [0.25, 0.3) is 0 Å². The van der Waals surface area contributed by atoms with Gasteiger partial charge in [-0.25, -0.2) is 0 Å². The first-order chi connectivity index (χ1) is 13.3. The zero-order valence-electron chi connectivity index (χ0n) is 17.8. The van der Waals surface area contributed by atoms with E-state index >= 15 is 0 Å². The van der Waals surface area contributed by atoms with Crippen LogP contribution in [0.5, 0.6) is 0 Å². The van der Waals surface area contributed by atoms with Gasteiger partial charge in [-0.3, -0.25) is 4.79 Å². The molecule has 0 rings (SSSR count). The fourth-order valence-electron chi connectivity index (χ4n) is 2.44. The Balaban J connectivity index is 5.43. The minimum Gasteiger partial charge on any atom is -0.515 e. The number of rotatable bonds is 14. The van der Waals surface area contributed by atoms with Gasteiger partial charge in [-0.2, -0.15) is 0 Å². The molecule has 0 fully saturated rings. The molecule has 2 N–H and O–H groups in total. The molecule has 156 valence electrons. The Morgan fingerprint density at radius 1 is 1.25 bits per heavy atom. The van der Waals surface area contributed by atoms with Crippen molar-refractivity contribution in [1.29, 1.82) is 0 Å². The lowest BCUT2D eigenvalue weighted by Gasteiger charge is -2.16. The van der Waals surface area contributed by atoms with Gasteiger partial charge in [0.1, 0.15) is 18.1 Å². The molecule has 0 aliphatic carbocycles. The number of aliphatic hydroxyl groups is 2. The van der Waals surface area contributed by atoms with E-state index in [0.717, 1.165) is 37.5 Å². The third kappa shape index (κ3) is 12.0. The Hall–Kier alpha value is -2.49. The molecule has 0 aliphatic heterocycles. The van der Waals surface area contributed by atoms with Crippen LogP contribution in [-0.2, 0) is 9.53 Å². The lowest BCUT2D eigenvalue weighted by atomic mass is 9.99. The van der Waals surface area contributed by atoms with Gasteiger partial charge in [-0.15, -0.1) is 0 Å². The molecule has 0 saturated heterocycles. The summed E-state index contributed by atoms with van der Waals surface area (Å²) < 4.78 is 5.70. The zero-order chi connectivity index (χ0) is 21.4. The third-order valence-electron chi connectivity index (χ3n) is 4.01. The summed E-state index contributed by atoms with van der Waals surface area (Å²) in [6.07, 6.45) is 15.7. The van der Waals surface area contributed by atoms with E-state index in [2.05, 4.69) is 20.4 Å². The Kier molecular flexibility index (Phi) is 14.2. The minimum atomic E-state index is -0.0884. The number of unbranched alkanes of at least 4 members (excludes halogenated alkanes) is 1. The molecule has 0 unspecified atom stereocenters. The van der Waals surface area contributed by atoms with Crippen molar-refractivity contribution in [3.63, 3.8) is 0 Å². The van der Waals surface area contributed by atoms with Crippen molar-refractivity contribution in [1.82, 2.24) is 0 Å². The molecule has 0 aliphatic rings. The number of aliphatic hydroxyl groups excluding tert-OH is 2. The Morgan fingerprint density at radius 3 is 2.50 bits per heavy atom. The fraction of sp³-hybridized carbons (Fsp3) is 0.458. The van der Waals surface area contributed by atoms with Gasteiger partial charge in [0, 0.05) is 11.6 Å². The highest BCUT2D eigenvalue weighted by atomic mass is 16.5. The van der Waals surface area contributed by atoms with Crippen LogP contribution in [0, 0.1) is 5.92 Å². The molecule has 0 amide bonds. The molecule has 0 aromatic carbocycles. The Bertz CT molecular complexity index is 631. The first kappa shape index (κ1) is 25.5. The first-order valence-electron chi connectivity index (χ1n) is 9.85. The number of allylic oxidation sites excluding steroid dienone is 8. The molecule has 0 aromatic rings. The lowest BCUT2D eigenvalue weighted by Crippen LogP contribution is -2.08. The standard InChI is InChI=1S/C24H36O4/c1-6-8-11-21(7-2)12-9-10-13-24(28-18-20(5)26)22(15-14-19(3)4)23(27)16-17-25/h6-8,11,13,16-17,19,25,27H,2,9-10,12,14-15,18H2,1,3-5H3/b8-6+,17-16+,21-11+,23-22+,24-13-. The van der Waals surface area contributed by atoms with Crippen molar-refractivity contribution in [2.45, 2.75) is 59.8 Å². The third-order valence-corrected chi connectivity index (χ3v) is 4.01. The van der Waals surface area contributed by atoms with Gasteiger partial charge in [0.2, 0.25) is 0 Å². The van der Waals surface area contributed by atoms with Crippen LogP contribution in [0.15, 0.2) is 72.0 Å². The second-order valence-electron chi connectivity index (χ2n) is 7.03. The van der Waals surface area contributed by atoms with E-state index < -0.39 is 0 Å². The van der Waals surface area contributed by atoms with Crippen LogP contribution in [0.3, 0.4) is 0 Å². The van der Waals surface area contributed by atoms with Crippen LogP contribution >= 0.6 is 0 Å². The summed E-state index contributed by atoms with van der Waals surface area (Å²) in [6.45, 7) is 11.4. The molecule has 4 heteroatoms. The quantitative estimate of drug-likeness (QED) is 0.198. The predicted octanol–water partition coefficient (Wildman–Crippen LogP) is 6.65. The van der Waals surface area contributed by atoms with E-state index in [1.807, 2.05) is 37.3 Å². The summed E-state index contributed by atoms with van der Waals surface area (Å²) >= 11 is 0. The van der Waals surface area contributed by atoms with Gasteiger partial charge in [0.05, 0.1) is 6.26 Å². The molecular weight excluding hydrogens is 352 g/mol. The second-order valence-corrected chi connectivity index (χ2v) is 7.03. The molecule has 0 radical (unpaired) electrons. The van der Waals surface area contributed by atoms with Gasteiger partial charge in [-0.1, -0.05) is 44.7 Å². The monoisotopic (exact) mass is 388 g/mol. The highest BCUT2D eigenvalue weighted by molar-refractivity contribution is 5.76. The van der Waals surface area contributed by atoms with Crippen LogP contribution in [0.1, 0.15) is 59.8 Å². The zero-order valence-corrected chi connectivity index (χ0v) is 17.8. The average Bonchev–Trinajstić information content (AvgIpc) is 2.64. The van der Waals surface area contributed by atoms with Gasteiger partial charge < -0.3 is 14.9 Å². The summed E-state index contributed by atoms with van der Waals surface area (Å²) in [6, 6.07) is 0. The fourth-order valence-corrected chi connectivity index (χ4v) is 2.44. The van der Waals surface area contributed by atoms with Crippen molar-refractivity contribution in [2.24, 2.45) is 5.92 Å². The molecule has 4 nitrogen and oxygen atoms in total. The molecular formula is C24H36O4. The number of hydrogen-bond donors (Lipinski definition) is 2. The maximum absolute atomic E-state index is 11.4. The van der Waals surface area contributed by atoms with E-state index in [-0.39, 0.29) is 18.1 Å². The summed E-state index contributed by atoms with van der Waals surface area (Å²) in [5.41, 5.74) is 1.76. The van der Waals surface area contributed by atoms with Crippen LogP contribution in [0.25, 0.3) is 0 Å². The lowest BCUT2D eigenvalue weighted by molar-refractivity contribution is -0.120. The molecule has 0 saturated carbocycles. The molecule has 28 heavy (non-hydrogen) atoms. The van der Waals surface area contributed by atoms with Crippen molar-refractivity contribution < 1.29 is 19.7 Å². The smallest absolute Gasteiger partial charge is 0.167 e. The summed E-state index contributed by atoms with van der Waals surface area (Å²) in [7, 11) is 0. The van der Waals surface area contributed by atoms with Crippen LogP contribution < -0.4 is 0 Å². The van der Waals surface area contributed by atoms with Crippen LogP contribution in [0.2, 0.25) is 0 Å². The van der Waals surface area contributed by atoms with Crippen molar-refractivity contribution >= 4 is 5.78 Å². The van der Waals surface area contributed by atoms with E-state index in [1.54, 1.807) is 0 Å². The molecule has 0 bridgehead atoms. The maximum atomic E-state index is 11.4. The SMILES string of the molecule is C=C/C(=C\C=C\C)CCC/C=C(OCC(C)=O)/C(CCC(C)C)=C(O)\C=C\O. The Morgan fingerprint density at radius 2 is 1.96 bits per heavy atom. The van der Waals surface area contributed by atoms with Crippen molar-refractivity contribution in [3.05, 3.63) is 72.0 Å². The number of carbonyl (C=O) groups is 1. The number of ether oxygens (including phenoxy) is 1. The number of ketones is 1. The van der Waals surface area contributed by atoms with E-state index in [4.69, 9.17) is 9.84 Å². The topological polar surface area (TPSA) is 66.8 Å². The largest absolute Gasteiger partial charge is 0.515 e. The number of Topliss-reactive ketones (excluding diaryl/α,β-unsaturated/α-hetero) is 1. The molecule has 0 aromatic heterocycles. The molecule has 0 spiro atoms. The summed E-state index contributed by atoms with van der Waals surface area (Å²) in [5, 5.41) is 19.4. The number of carbonyl (C=O) groups excluding carboxylic acids is 1. The highest BCUT2D eigenvalue weighted by Crippen LogP contribution is 2.25. The molecule has 0 heterocycles. The number of hydrogen-bond acceptors (Lipinski definition) is 4. The predicted molar refractivity (Wildman–Crippen MR) is 117 cm³/mol. The Labute approximate surface area is 170 Å². The second kappa shape index (κ2) is 15.6. The van der Waals surface area contributed by atoms with Gasteiger partial charge in [0.15, 0.2) is 5.78 Å². The van der Waals surface area contributed by atoms with Crippen molar-refractivity contribution in [3.8, 4) is 0 Å². The van der Waals surface area contributed by atoms with E-state index in [9.17, 15) is 9.90 Å². The maximum Gasteiger partial charge on any atom is 0.167 e. The highest BCUT2D eigenvalue weighted by Gasteiger charge is 2.14. The minimum absolute atomic E-state index is 0.0438. The van der Waals surface area contributed by atoms with Crippen molar-refractivity contribution in [2.75, 3.05) is 6.61 Å². The normalized spacial score (nSPS) is 14.0. The van der Waals surface area contributed by atoms with Crippen LogP contribution in [0.4, 0.5) is 0 Å². The van der Waals surface area contributed by atoms with E-state index in [0.29, 0.717) is 23.7 Å². The molecule has 0 atom stereocenters. The van der Waals surface area contributed by atoms with Crippen LogP contribution in [-0.4, -0.2) is 22.6 Å². The summed E-state index contributed by atoms with van der Waals surface area (Å²) in [4.78, 5) is 11.4. The summed E-state index contributed by atoms with van der Waals surface area (Å²) in [5.74, 6) is 0.818. The first-order valence-corrected chi connectivity index (χ1v) is 9.85. The van der Waals surface area contributed by atoms with E-state index in [1.165, 1.54) is 13.0 Å².